The van der Waals surface area contributed by atoms with Crippen LogP contribution < -0.4 is 11.1 Å². The predicted molar refractivity (Wildman–Crippen MR) is 67.8 cm³/mol. The SMILES string of the molecule is CC(C)(CC(=O)O)NC(=O)[C@H](N)c1ccccc1. The highest BCUT2D eigenvalue weighted by Gasteiger charge is 2.26. The number of amides is 1. The summed E-state index contributed by atoms with van der Waals surface area (Å²) in [6.07, 6.45) is -0.153. The van der Waals surface area contributed by atoms with E-state index in [1.54, 1.807) is 38.1 Å². The summed E-state index contributed by atoms with van der Waals surface area (Å²) >= 11 is 0. The molecule has 1 aromatic rings. The number of benzene rings is 1. The Morgan fingerprint density at radius 3 is 2.39 bits per heavy atom. The van der Waals surface area contributed by atoms with E-state index in [1.165, 1.54) is 0 Å². The Bertz CT molecular complexity index is 429. The predicted octanol–water partition coefficient (Wildman–Crippen LogP) is 1.06. The standard InChI is InChI=1S/C13H18N2O3/c1-13(2,8-10(16)17)15-12(18)11(14)9-6-4-3-5-7-9/h3-7,11H,8,14H2,1-2H3,(H,15,18)(H,16,17)/t11-/m1/s1. The lowest BCUT2D eigenvalue weighted by Crippen LogP contribution is -2.48. The highest BCUT2D eigenvalue weighted by molar-refractivity contribution is 5.84. The Hall–Kier alpha value is -1.88. The van der Waals surface area contributed by atoms with Gasteiger partial charge in [-0.25, -0.2) is 0 Å². The fourth-order valence-corrected chi connectivity index (χ4v) is 1.65. The average Bonchev–Trinajstić information content (AvgIpc) is 2.26. The lowest BCUT2D eigenvalue weighted by molar-refractivity contribution is -0.138. The van der Waals surface area contributed by atoms with Gasteiger partial charge in [0, 0.05) is 5.54 Å². The summed E-state index contributed by atoms with van der Waals surface area (Å²) < 4.78 is 0. The van der Waals surface area contributed by atoms with Gasteiger partial charge in [-0.3, -0.25) is 9.59 Å². The van der Waals surface area contributed by atoms with Crippen molar-refractivity contribution in [2.75, 3.05) is 0 Å². The molecule has 0 heterocycles. The van der Waals surface area contributed by atoms with Crippen molar-refractivity contribution in [1.29, 1.82) is 0 Å². The van der Waals surface area contributed by atoms with Crippen molar-refractivity contribution in [3.8, 4) is 0 Å². The van der Waals surface area contributed by atoms with E-state index in [4.69, 9.17) is 10.8 Å². The highest BCUT2D eigenvalue weighted by atomic mass is 16.4. The summed E-state index contributed by atoms with van der Waals surface area (Å²) in [5, 5.41) is 11.4. The van der Waals surface area contributed by atoms with Gasteiger partial charge < -0.3 is 16.2 Å². The minimum atomic E-state index is -0.964. The molecule has 5 heteroatoms. The molecule has 0 aliphatic carbocycles. The zero-order valence-corrected chi connectivity index (χ0v) is 10.5. The second-order valence-electron chi connectivity index (χ2n) is 4.83. The van der Waals surface area contributed by atoms with E-state index in [0.717, 1.165) is 0 Å². The van der Waals surface area contributed by atoms with Crippen LogP contribution in [0.25, 0.3) is 0 Å². The second-order valence-corrected chi connectivity index (χ2v) is 4.83. The number of nitrogens with one attached hydrogen (secondary N) is 1. The minimum absolute atomic E-state index is 0.153. The fraction of sp³-hybridized carbons (Fsp3) is 0.385. The molecular formula is C13H18N2O3. The summed E-state index contributed by atoms with van der Waals surface area (Å²) in [7, 11) is 0. The monoisotopic (exact) mass is 250 g/mol. The maximum Gasteiger partial charge on any atom is 0.305 e. The van der Waals surface area contributed by atoms with Crippen LogP contribution in [0.5, 0.6) is 0 Å². The Labute approximate surface area is 106 Å². The van der Waals surface area contributed by atoms with E-state index < -0.39 is 17.6 Å². The number of carbonyl (C=O) groups is 2. The van der Waals surface area contributed by atoms with Crippen molar-refractivity contribution in [3.63, 3.8) is 0 Å². The minimum Gasteiger partial charge on any atom is -0.481 e. The molecule has 0 radical (unpaired) electrons. The molecule has 0 fully saturated rings. The van der Waals surface area contributed by atoms with Crippen LogP contribution in [-0.4, -0.2) is 22.5 Å². The third kappa shape index (κ3) is 4.18. The number of aliphatic carboxylic acids is 1. The normalized spacial score (nSPS) is 12.8. The summed E-state index contributed by atoms with van der Waals surface area (Å²) in [6, 6.07) is 8.15. The van der Waals surface area contributed by atoms with E-state index >= 15 is 0 Å². The third-order valence-electron chi connectivity index (χ3n) is 2.50. The molecule has 0 aliphatic rings. The molecule has 98 valence electrons. The number of rotatable bonds is 5. The van der Waals surface area contributed by atoms with E-state index in [2.05, 4.69) is 5.32 Å². The molecule has 0 aromatic heterocycles. The maximum atomic E-state index is 11.9. The molecule has 5 nitrogen and oxygen atoms in total. The topological polar surface area (TPSA) is 92.4 Å². The van der Waals surface area contributed by atoms with Gasteiger partial charge in [0.1, 0.15) is 6.04 Å². The number of carbonyl (C=O) groups excluding carboxylic acids is 1. The van der Waals surface area contributed by atoms with E-state index in [0.29, 0.717) is 5.56 Å². The molecule has 0 spiro atoms. The van der Waals surface area contributed by atoms with E-state index in [1.807, 2.05) is 6.07 Å². The van der Waals surface area contributed by atoms with Crippen molar-refractivity contribution >= 4 is 11.9 Å². The van der Waals surface area contributed by atoms with Crippen LogP contribution in [0.1, 0.15) is 31.9 Å². The lowest BCUT2D eigenvalue weighted by Gasteiger charge is -2.26. The van der Waals surface area contributed by atoms with Crippen molar-refractivity contribution in [3.05, 3.63) is 35.9 Å². The van der Waals surface area contributed by atoms with Crippen molar-refractivity contribution in [1.82, 2.24) is 5.32 Å². The van der Waals surface area contributed by atoms with Crippen LogP contribution in [0.4, 0.5) is 0 Å². The summed E-state index contributed by atoms with van der Waals surface area (Å²) in [5.74, 6) is -1.35. The van der Waals surface area contributed by atoms with Gasteiger partial charge >= 0.3 is 5.97 Å². The second kappa shape index (κ2) is 5.64. The van der Waals surface area contributed by atoms with Crippen LogP contribution in [0.2, 0.25) is 0 Å². The molecule has 18 heavy (non-hydrogen) atoms. The zero-order chi connectivity index (χ0) is 13.8. The van der Waals surface area contributed by atoms with Crippen molar-refractivity contribution in [2.45, 2.75) is 31.8 Å². The van der Waals surface area contributed by atoms with Crippen LogP contribution >= 0.6 is 0 Å². The van der Waals surface area contributed by atoms with Gasteiger partial charge in [0.05, 0.1) is 6.42 Å². The van der Waals surface area contributed by atoms with Gasteiger partial charge in [0.15, 0.2) is 0 Å². The van der Waals surface area contributed by atoms with Crippen LogP contribution in [-0.2, 0) is 9.59 Å². The molecule has 0 unspecified atom stereocenters. The number of carboxylic acids is 1. The molecule has 1 aromatic carbocycles. The number of hydrogen-bond acceptors (Lipinski definition) is 3. The van der Waals surface area contributed by atoms with Gasteiger partial charge in [0.25, 0.3) is 0 Å². The van der Waals surface area contributed by atoms with Crippen molar-refractivity contribution < 1.29 is 14.7 Å². The van der Waals surface area contributed by atoms with Crippen molar-refractivity contribution in [2.24, 2.45) is 5.73 Å². The molecule has 0 saturated carbocycles. The smallest absolute Gasteiger partial charge is 0.305 e. The Balaban J connectivity index is 2.68. The molecule has 0 aliphatic heterocycles. The number of carboxylic acid groups (broad SMARTS) is 1. The quantitative estimate of drug-likeness (QED) is 0.728. The maximum absolute atomic E-state index is 11.9. The van der Waals surface area contributed by atoms with Crippen LogP contribution in [0.3, 0.4) is 0 Å². The molecular weight excluding hydrogens is 232 g/mol. The first kappa shape index (κ1) is 14.2. The first-order chi connectivity index (χ1) is 8.32. The Morgan fingerprint density at radius 1 is 1.33 bits per heavy atom. The van der Waals surface area contributed by atoms with Gasteiger partial charge in [0.2, 0.25) is 5.91 Å². The van der Waals surface area contributed by atoms with Crippen LogP contribution in [0, 0.1) is 0 Å². The van der Waals surface area contributed by atoms with E-state index in [-0.39, 0.29) is 12.3 Å². The lowest BCUT2D eigenvalue weighted by atomic mass is 9.99. The van der Waals surface area contributed by atoms with Crippen LogP contribution in [0.15, 0.2) is 30.3 Å². The molecule has 0 saturated heterocycles. The molecule has 1 amide bonds. The number of hydrogen-bond donors (Lipinski definition) is 3. The first-order valence-electron chi connectivity index (χ1n) is 5.66. The number of nitrogens with two attached hydrogens (primary N) is 1. The molecule has 4 N–H and O–H groups in total. The summed E-state index contributed by atoms with van der Waals surface area (Å²) in [5.41, 5.74) is 5.69. The van der Waals surface area contributed by atoms with Gasteiger partial charge in [-0.2, -0.15) is 0 Å². The summed E-state index contributed by atoms with van der Waals surface area (Å²) in [6.45, 7) is 3.30. The average molecular weight is 250 g/mol. The highest BCUT2D eigenvalue weighted by Crippen LogP contribution is 2.13. The Kier molecular flexibility index (Phi) is 4.44. The zero-order valence-electron chi connectivity index (χ0n) is 10.5. The van der Waals surface area contributed by atoms with Gasteiger partial charge in [-0.1, -0.05) is 30.3 Å². The summed E-state index contributed by atoms with van der Waals surface area (Å²) in [4.78, 5) is 22.6. The van der Waals surface area contributed by atoms with Gasteiger partial charge in [-0.05, 0) is 19.4 Å². The molecule has 1 rings (SSSR count). The fourth-order valence-electron chi connectivity index (χ4n) is 1.65. The van der Waals surface area contributed by atoms with Gasteiger partial charge in [-0.15, -0.1) is 0 Å². The first-order valence-corrected chi connectivity index (χ1v) is 5.66. The Morgan fingerprint density at radius 2 is 1.89 bits per heavy atom. The molecule has 1 atom stereocenters. The third-order valence-corrected chi connectivity index (χ3v) is 2.50. The largest absolute Gasteiger partial charge is 0.481 e. The molecule has 0 bridgehead atoms. The van der Waals surface area contributed by atoms with E-state index in [9.17, 15) is 9.59 Å².